The normalized spacial score (nSPS) is 13.3. The van der Waals surface area contributed by atoms with Gasteiger partial charge in [0.25, 0.3) is 0 Å². The summed E-state index contributed by atoms with van der Waals surface area (Å²) >= 11 is 0. The predicted molar refractivity (Wildman–Crippen MR) is 39.2 cm³/mol. The zero-order valence-electron chi connectivity index (χ0n) is 6.75. The molecule has 0 saturated heterocycles. The van der Waals surface area contributed by atoms with Crippen molar-refractivity contribution in [3.8, 4) is 0 Å². The van der Waals surface area contributed by atoms with Crippen molar-refractivity contribution in [1.29, 1.82) is 0 Å². The molecular formula is C8H14F2. The molecule has 0 aliphatic rings. The van der Waals surface area contributed by atoms with E-state index in [0.717, 1.165) is 6.92 Å². The smallest absolute Gasteiger partial charge is 0.207 e. The molecule has 0 N–H and O–H groups in total. The van der Waals surface area contributed by atoms with Crippen LogP contribution in [0.15, 0.2) is 12.7 Å². The first-order valence-corrected chi connectivity index (χ1v) is 3.28. The summed E-state index contributed by atoms with van der Waals surface area (Å²) in [4.78, 5) is 0. The van der Waals surface area contributed by atoms with Gasteiger partial charge in [-0.05, 0) is 12.3 Å². The van der Waals surface area contributed by atoms with Crippen molar-refractivity contribution in [1.82, 2.24) is 0 Å². The maximum atomic E-state index is 12.4. The number of hydrogen-bond acceptors (Lipinski definition) is 0. The second-order valence-electron chi connectivity index (χ2n) is 3.44. The minimum Gasteiger partial charge on any atom is -0.207 e. The monoisotopic (exact) mass is 148 g/mol. The Balaban J connectivity index is 4.01. The molecule has 0 aromatic heterocycles. The Morgan fingerprint density at radius 2 is 1.70 bits per heavy atom. The van der Waals surface area contributed by atoms with Gasteiger partial charge >= 0.3 is 0 Å². The first kappa shape index (κ1) is 9.60. The van der Waals surface area contributed by atoms with Gasteiger partial charge in [-0.3, -0.25) is 0 Å². The van der Waals surface area contributed by atoms with E-state index in [-0.39, 0.29) is 6.42 Å². The van der Waals surface area contributed by atoms with E-state index in [0.29, 0.717) is 0 Å². The lowest BCUT2D eigenvalue weighted by Gasteiger charge is -2.23. The van der Waals surface area contributed by atoms with Crippen LogP contribution >= 0.6 is 0 Å². The van der Waals surface area contributed by atoms with Crippen molar-refractivity contribution in [2.75, 3.05) is 0 Å². The lowest BCUT2D eigenvalue weighted by molar-refractivity contribution is -0.0111. The van der Waals surface area contributed by atoms with E-state index in [1.807, 2.05) is 0 Å². The summed E-state index contributed by atoms with van der Waals surface area (Å²) in [5.41, 5.74) is -0.460. The van der Waals surface area contributed by atoms with Gasteiger partial charge in [-0.2, -0.15) is 0 Å². The van der Waals surface area contributed by atoms with Crippen LogP contribution in [-0.4, -0.2) is 5.92 Å². The van der Waals surface area contributed by atoms with E-state index >= 15 is 0 Å². The standard InChI is InChI=1S/C8H14F2/c1-5-7(2,3)6-8(4,9)10/h5H,1,6H2,2-4H3. The third kappa shape index (κ3) is 4.48. The Hall–Kier alpha value is -0.400. The van der Waals surface area contributed by atoms with Crippen molar-refractivity contribution < 1.29 is 8.78 Å². The van der Waals surface area contributed by atoms with Crippen LogP contribution in [0.5, 0.6) is 0 Å². The highest BCUT2D eigenvalue weighted by Gasteiger charge is 2.29. The molecule has 0 rings (SSSR count). The molecule has 0 atom stereocenters. The molecule has 0 aromatic rings. The maximum Gasteiger partial charge on any atom is 0.246 e. The molecule has 0 aliphatic carbocycles. The number of alkyl halides is 2. The molecule has 0 bridgehead atoms. The molecule has 10 heavy (non-hydrogen) atoms. The first-order valence-electron chi connectivity index (χ1n) is 3.28. The topological polar surface area (TPSA) is 0 Å². The van der Waals surface area contributed by atoms with Crippen LogP contribution in [0.1, 0.15) is 27.2 Å². The summed E-state index contributed by atoms with van der Waals surface area (Å²) in [6.07, 6.45) is 1.42. The van der Waals surface area contributed by atoms with E-state index in [1.165, 1.54) is 0 Å². The third-order valence-corrected chi connectivity index (χ3v) is 1.32. The molecule has 0 aromatic carbocycles. The largest absolute Gasteiger partial charge is 0.246 e. The van der Waals surface area contributed by atoms with Gasteiger partial charge in [0.1, 0.15) is 0 Å². The predicted octanol–water partition coefficient (Wildman–Crippen LogP) is 3.24. The van der Waals surface area contributed by atoms with Crippen molar-refractivity contribution in [3.05, 3.63) is 12.7 Å². The molecular weight excluding hydrogens is 134 g/mol. The second kappa shape index (κ2) is 2.69. The molecule has 0 heterocycles. The van der Waals surface area contributed by atoms with Gasteiger partial charge in [0, 0.05) is 6.42 Å². The number of halogens is 2. The van der Waals surface area contributed by atoms with Crippen molar-refractivity contribution >= 4 is 0 Å². The average molecular weight is 148 g/mol. The van der Waals surface area contributed by atoms with Crippen LogP contribution < -0.4 is 0 Å². The summed E-state index contributed by atoms with van der Waals surface area (Å²) in [6, 6.07) is 0. The van der Waals surface area contributed by atoms with Crippen molar-refractivity contribution in [2.45, 2.75) is 33.1 Å². The van der Waals surface area contributed by atoms with Crippen LogP contribution in [0.4, 0.5) is 8.78 Å². The Morgan fingerprint density at radius 3 is 1.80 bits per heavy atom. The third-order valence-electron chi connectivity index (χ3n) is 1.32. The Bertz CT molecular complexity index is 120. The molecule has 0 radical (unpaired) electrons. The Kier molecular flexibility index (Phi) is 2.58. The minimum atomic E-state index is -2.59. The van der Waals surface area contributed by atoms with Gasteiger partial charge in [0.2, 0.25) is 5.92 Å². The molecule has 0 unspecified atom stereocenters. The lowest BCUT2D eigenvalue weighted by Crippen LogP contribution is -2.20. The summed E-state index contributed by atoms with van der Waals surface area (Å²) in [5.74, 6) is -2.59. The van der Waals surface area contributed by atoms with Crippen LogP contribution in [0.3, 0.4) is 0 Å². The molecule has 0 spiro atoms. The first-order chi connectivity index (χ1) is 4.27. The maximum absolute atomic E-state index is 12.4. The average Bonchev–Trinajstić information content (AvgIpc) is 1.60. The summed E-state index contributed by atoms with van der Waals surface area (Å²) in [5, 5.41) is 0. The summed E-state index contributed by atoms with van der Waals surface area (Å²) < 4.78 is 24.7. The molecule has 0 fully saturated rings. The fourth-order valence-electron chi connectivity index (χ4n) is 0.872. The van der Waals surface area contributed by atoms with Crippen LogP contribution in [0, 0.1) is 5.41 Å². The van der Waals surface area contributed by atoms with Gasteiger partial charge < -0.3 is 0 Å². The van der Waals surface area contributed by atoms with Crippen LogP contribution in [0.25, 0.3) is 0 Å². The number of allylic oxidation sites excluding steroid dienone is 1. The van der Waals surface area contributed by atoms with Crippen molar-refractivity contribution in [2.24, 2.45) is 5.41 Å². The van der Waals surface area contributed by atoms with Crippen molar-refractivity contribution in [3.63, 3.8) is 0 Å². The molecule has 0 nitrogen and oxygen atoms in total. The van der Waals surface area contributed by atoms with Crippen LogP contribution in [0.2, 0.25) is 0 Å². The van der Waals surface area contributed by atoms with E-state index < -0.39 is 11.3 Å². The van der Waals surface area contributed by atoms with Gasteiger partial charge in [-0.1, -0.05) is 19.9 Å². The highest BCUT2D eigenvalue weighted by atomic mass is 19.3. The number of hydrogen-bond donors (Lipinski definition) is 0. The summed E-state index contributed by atoms with van der Waals surface area (Å²) in [7, 11) is 0. The van der Waals surface area contributed by atoms with E-state index in [2.05, 4.69) is 6.58 Å². The van der Waals surface area contributed by atoms with Gasteiger partial charge in [0.05, 0.1) is 0 Å². The van der Waals surface area contributed by atoms with E-state index in [9.17, 15) is 8.78 Å². The molecule has 60 valence electrons. The molecule has 0 saturated carbocycles. The molecule has 0 aliphatic heterocycles. The Morgan fingerprint density at radius 1 is 1.30 bits per heavy atom. The molecule has 0 amide bonds. The van der Waals surface area contributed by atoms with Gasteiger partial charge in [-0.25, -0.2) is 8.78 Å². The van der Waals surface area contributed by atoms with Gasteiger partial charge in [-0.15, -0.1) is 6.58 Å². The van der Waals surface area contributed by atoms with Crippen LogP contribution in [-0.2, 0) is 0 Å². The fraction of sp³-hybridized carbons (Fsp3) is 0.750. The number of rotatable bonds is 3. The highest BCUT2D eigenvalue weighted by Crippen LogP contribution is 2.31. The van der Waals surface area contributed by atoms with Gasteiger partial charge in [0.15, 0.2) is 0 Å². The fourth-order valence-corrected chi connectivity index (χ4v) is 0.872. The Labute approximate surface area is 60.9 Å². The highest BCUT2D eigenvalue weighted by molar-refractivity contribution is 4.90. The van der Waals surface area contributed by atoms with E-state index in [1.54, 1.807) is 19.9 Å². The zero-order valence-corrected chi connectivity index (χ0v) is 6.75. The quantitative estimate of drug-likeness (QED) is 0.539. The van der Waals surface area contributed by atoms with E-state index in [4.69, 9.17) is 0 Å². The minimum absolute atomic E-state index is 0.135. The summed E-state index contributed by atoms with van der Waals surface area (Å²) in [6.45, 7) is 7.91. The lowest BCUT2D eigenvalue weighted by atomic mass is 9.87. The molecule has 2 heteroatoms. The SMILES string of the molecule is C=CC(C)(C)CC(C)(F)F. The second-order valence-corrected chi connectivity index (χ2v) is 3.44. The zero-order chi connectivity index (χ0) is 8.41.